The third-order valence-corrected chi connectivity index (χ3v) is 9.02. The molecule has 1 aromatic heterocycles. The number of aryl methyl sites for hydroxylation is 2. The first-order valence-electron chi connectivity index (χ1n) is 11.8. The van der Waals surface area contributed by atoms with Crippen LogP contribution in [0.15, 0.2) is 9.42 Å². The minimum Gasteiger partial charge on any atom is -0.379 e. The summed E-state index contributed by atoms with van der Waals surface area (Å²) in [4.78, 5) is 15.6. The summed E-state index contributed by atoms with van der Waals surface area (Å²) in [5.41, 5.74) is 0.354. The number of rotatable bonds is 9. The minimum atomic E-state index is -3.74. The number of hydrogen-bond donors (Lipinski definition) is 1. The molecule has 32 heavy (non-hydrogen) atoms. The maximum Gasteiger partial charge on any atom is 0.248 e. The normalized spacial score (nSPS) is 22.2. The Bertz CT molecular complexity index is 842. The lowest BCUT2D eigenvalue weighted by atomic mass is 9.92. The van der Waals surface area contributed by atoms with Crippen molar-refractivity contribution < 1.29 is 22.5 Å². The Labute approximate surface area is 191 Å². The van der Waals surface area contributed by atoms with E-state index in [1.807, 2.05) is 0 Å². The number of carbonyl (C=O) groups excluding carboxylic acids is 1. The Morgan fingerprint density at radius 1 is 1.19 bits per heavy atom. The number of carbonyl (C=O) groups is 1. The van der Waals surface area contributed by atoms with Gasteiger partial charge in [0.2, 0.25) is 15.9 Å². The fourth-order valence-electron chi connectivity index (χ4n) is 5.03. The Morgan fingerprint density at radius 2 is 1.88 bits per heavy atom. The molecule has 2 unspecified atom stereocenters. The number of ether oxygens (including phenoxy) is 1. The van der Waals surface area contributed by atoms with Gasteiger partial charge in [0.1, 0.15) is 10.6 Å². The number of nitrogens with one attached hydrogen (secondary N) is 1. The van der Waals surface area contributed by atoms with Crippen LogP contribution < -0.4 is 5.32 Å². The molecule has 1 N–H and O–H groups in total. The predicted molar refractivity (Wildman–Crippen MR) is 121 cm³/mol. The molecular weight excluding hydrogens is 432 g/mol. The number of sulfonamides is 1. The van der Waals surface area contributed by atoms with Crippen LogP contribution in [0.25, 0.3) is 0 Å². The number of piperidine rings is 1. The van der Waals surface area contributed by atoms with E-state index in [0.717, 1.165) is 39.1 Å². The summed E-state index contributed by atoms with van der Waals surface area (Å²) in [5.74, 6) is 0.364. The van der Waals surface area contributed by atoms with Crippen LogP contribution in [0.5, 0.6) is 0 Å². The topological polar surface area (TPSA) is 105 Å². The molecule has 182 valence electrons. The first-order valence-corrected chi connectivity index (χ1v) is 13.3. The van der Waals surface area contributed by atoms with E-state index >= 15 is 0 Å². The van der Waals surface area contributed by atoms with Gasteiger partial charge in [0, 0.05) is 38.8 Å². The molecule has 1 aromatic rings. The maximum atomic E-state index is 13.2. The maximum absolute atomic E-state index is 13.2. The van der Waals surface area contributed by atoms with Gasteiger partial charge in [-0.25, -0.2) is 8.42 Å². The lowest BCUT2D eigenvalue weighted by molar-refractivity contribution is -0.126. The molecule has 3 heterocycles. The number of morpholine rings is 1. The van der Waals surface area contributed by atoms with Gasteiger partial charge in [0.15, 0.2) is 5.76 Å². The van der Waals surface area contributed by atoms with Crippen LogP contribution in [0, 0.1) is 25.7 Å². The second-order valence-electron chi connectivity index (χ2n) is 8.89. The van der Waals surface area contributed by atoms with Crippen LogP contribution >= 0.6 is 0 Å². The van der Waals surface area contributed by atoms with Gasteiger partial charge in [-0.05, 0) is 32.6 Å². The van der Waals surface area contributed by atoms with Crippen molar-refractivity contribution in [3.63, 3.8) is 0 Å². The van der Waals surface area contributed by atoms with Crippen LogP contribution in [0.3, 0.4) is 0 Å². The van der Waals surface area contributed by atoms with E-state index in [0.29, 0.717) is 37.5 Å². The largest absolute Gasteiger partial charge is 0.379 e. The van der Waals surface area contributed by atoms with Gasteiger partial charge in [-0.2, -0.15) is 4.31 Å². The molecule has 0 aliphatic carbocycles. The number of amides is 1. The average Bonchev–Trinajstić information content (AvgIpc) is 3.15. The molecule has 3 rings (SSSR count). The molecule has 2 atom stereocenters. The lowest BCUT2D eigenvalue weighted by Gasteiger charge is -2.39. The van der Waals surface area contributed by atoms with Gasteiger partial charge >= 0.3 is 0 Å². The predicted octanol–water partition coefficient (Wildman–Crippen LogP) is 1.95. The molecule has 0 saturated carbocycles. The van der Waals surface area contributed by atoms with Gasteiger partial charge in [0.05, 0.1) is 19.1 Å². The van der Waals surface area contributed by atoms with E-state index in [4.69, 9.17) is 9.26 Å². The van der Waals surface area contributed by atoms with E-state index in [-0.39, 0.29) is 35.1 Å². The monoisotopic (exact) mass is 470 g/mol. The van der Waals surface area contributed by atoms with Crippen molar-refractivity contribution >= 4 is 15.9 Å². The molecule has 2 aliphatic rings. The first kappa shape index (κ1) is 25.1. The fourth-order valence-corrected chi connectivity index (χ4v) is 6.85. The van der Waals surface area contributed by atoms with Gasteiger partial charge in [0.25, 0.3) is 0 Å². The highest BCUT2D eigenvalue weighted by Gasteiger charge is 2.37. The van der Waals surface area contributed by atoms with E-state index in [2.05, 4.69) is 29.2 Å². The molecule has 2 fully saturated rings. The molecule has 0 aromatic carbocycles. The Balaban J connectivity index is 1.65. The zero-order valence-corrected chi connectivity index (χ0v) is 20.6. The summed E-state index contributed by atoms with van der Waals surface area (Å²) in [6.07, 6.45) is 3.45. The average molecular weight is 471 g/mol. The van der Waals surface area contributed by atoms with E-state index in [9.17, 15) is 13.2 Å². The Morgan fingerprint density at radius 3 is 2.47 bits per heavy atom. The number of nitrogens with zero attached hydrogens (tertiary/aromatic N) is 3. The van der Waals surface area contributed by atoms with Gasteiger partial charge in [-0.3, -0.25) is 9.69 Å². The second kappa shape index (κ2) is 11.1. The van der Waals surface area contributed by atoms with Crippen LogP contribution in [-0.2, 0) is 19.6 Å². The van der Waals surface area contributed by atoms with Crippen molar-refractivity contribution in [3.05, 3.63) is 11.5 Å². The standard InChI is InChI=1S/C22H38N4O5S/c1-5-18(6-2)20(25-10-12-30-13-11-25)14-23-22(27)19-8-7-9-26(15-19)32(28,29)21-16(3)24-31-17(21)4/h18-20H,5-15H2,1-4H3,(H,23,27). The molecule has 9 nitrogen and oxygen atoms in total. The highest BCUT2D eigenvalue weighted by atomic mass is 32.2. The fraction of sp³-hybridized carbons (Fsp3) is 0.818. The van der Waals surface area contributed by atoms with E-state index < -0.39 is 10.0 Å². The number of aromatic nitrogens is 1. The van der Waals surface area contributed by atoms with E-state index in [1.165, 1.54) is 4.31 Å². The molecule has 0 spiro atoms. The van der Waals surface area contributed by atoms with Crippen LogP contribution in [0.2, 0.25) is 0 Å². The summed E-state index contributed by atoms with van der Waals surface area (Å²) in [5, 5.41) is 6.94. The molecule has 0 bridgehead atoms. The van der Waals surface area contributed by atoms with Crippen molar-refractivity contribution in [2.24, 2.45) is 11.8 Å². The van der Waals surface area contributed by atoms with Crippen molar-refractivity contribution in [1.29, 1.82) is 0 Å². The SMILES string of the molecule is CCC(CC)C(CNC(=O)C1CCCN(S(=O)(=O)c2c(C)noc2C)C1)N1CCOCC1. The van der Waals surface area contributed by atoms with Crippen molar-refractivity contribution in [1.82, 2.24) is 19.7 Å². The highest BCUT2D eigenvalue weighted by Crippen LogP contribution is 2.28. The Hall–Kier alpha value is -1.49. The van der Waals surface area contributed by atoms with Crippen molar-refractivity contribution in [3.8, 4) is 0 Å². The molecule has 2 aliphatic heterocycles. The third-order valence-electron chi connectivity index (χ3n) is 6.91. The zero-order chi connectivity index (χ0) is 23.3. The lowest BCUT2D eigenvalue weighted by Crippen LogP contribution is -2.53. The third kappa shape index (κ3) is 5.52. The summed E-state index contributed by atoms with van der Waals surface area (Å²) in [6.45, 7) is 12.0. The second-order valence-corrected chi connectivity index (χ2v) is 10.8. The van der Waals surface area contributed by atoms with Crippen LogP contribution in [-0.4, -0.2) is 80.7 Å². The van der Waals surface area contributed by atoms with Crippen LogP contribution in [0.1, 0.15) is 51.0 Å². The van der Waals surface area contributed by atoms with E-state index in [1.54, 1.807) is 13.8 Å². The molecule has 0 radical (unpaired) electrons. The smallest absolute Gasteiger partial charge is 0.248 e. The number of hydrogen-bond acceptors (Lipinski definition) is 7. The minimum absolute atomic E-state index is 0.0621. The van der Waals surface area contributed by atoms with Crippen LogP contribution in [0.4, 0.5) is 0 Å². The molecular formula is C22H38N4O5S. The summed E-state index contributed by atoms with van der Waals surface area (Å²) < 4.78 is 38.3. The molecule has 10 heteroatoms. The zero-order valence-electron chi connectivity index (χ0n) is 19.8. The Kier molecular flexibility index (Phi) is 8.71. The molecule has 1 amide bonds. The molecule has 2 saturated heterocycles. The van der Waals surface area contributed by atoms with Crippen molar-refractivity contribution in [2.75, 3.05) is 45.9 Å². The van der Waals surface area contributed by atoms with Gasteiger partial charge in [-0.15, -0.1) is 0 Å². The van der Waals surface area contributed by atoms with Gasteiger partial charge < -0.3 is 14.6 Å². The van der Waals surface area contributed by atoms with Gasteiger partial charge in [-0.1, -0.05) is 31.8 Å². The summed E-state index contributed by atoms with van der Waals surface area (Å²) in [7, 11) is -3.74. The quantitative estimate of drug-likeness (QED) is 0.588. The highest BCUT2D eigenvalue weighted by molar-refractivity contribution is 7.89. The first-order chi connectivity index (χ1) is 15.3. The summed E-state index contributed by atoms with van der Waals surface area (Å²) in [6, 6.07) is 0.267. The van der Waals surface area contributed by atoms with Crippen molar-refractivity contribution in [2.45, 2.75) is 64.3 Å². The summed E-state index contributed by atoms with van der Waals surface area (Å²) >= 11 is 0.